The number of carbonyl (C=O) groups is 7. The van der Waals surface area contributed by atoms with Crippen LogP contribution in [-0.4, -0.2) is 66.7 Å². The first-order valence-corrected chi connectivity index (χ1v) is 14.2. The fourth-order valence-corrected chi connectivity index (χ4v) is 4.38. The monoisotopic (exact) mass is 642 g/mol. The maximum Gasteiger partial charge on any atom is 0.308 e. The average molecular weight is 643 g/mol. The highest BCUT2D eigenvalue weighted by Crippen LogP contribution is 2.42. The van der Waals surface area contributed by atoms with Crippen LogP contribution < -0.4 is 24.3 Å². The SMILES string of the molecule is CCC(=O)NCC(c1ccc(OC(C)=O)c(OC(C)=O)c1)c1cc(OC(C)=O)c(OC(C)=O)cc1C(CN(C)C(C)=O)OC(C)=O. The molecular formula is C32H38N2O12. The van der Waals surface area contributed by atoms with E-state index in [9.17, 15) is 33.6 Å². The fourth-order valence-electron chi connectivity index (χ4n) is 4.38. The molecule has 0 spiro atoms. The topological polar surface area (TPSA) is 181 Å². The molecule has 2 aromatic carbocycles. The van der Waals surface area contributed by atoms with Crippen molar-refractivity contribution in [1.82, 2.24) is 10.2 Å². The van der Waals surface area contributed by atoms with E-state index < -0.39 is 41.9 Å². The largest absolute Gasteiger partial charge is 0.456 e. The molecule has 1 N–H and O–H groups in total. The second-order valence-corrected chi connectivity index (χ2v) is 10.2. The molecule has 0 radical (unpaired) electrons. The fraction of sp³-hybridized carbons (Fsp3) is 0.406. The molecule has 0 aromatic heterocycles. The van der Waals surface area contributed by atoms with Crippen molar-refractivity contribution in [3.63, 3.8) is 0 Å². The third kappa shape index (κ3) is 11.0. The Hall–Kier alpha value is -5.27. The van der Waals surface area contributed by atoms with Crippen molar-refractivity contribution in [1.29, 1.82) is 0 Å². The van der Waals surface area contributed by atoms with Gasteiger partial charge in [-0.3, -0.25) is 33.6 Å². The number of nitrogens with zero attached hydrogens (tertiary/aromatic N) is 1. The molecule has 2 rings (SSSR count). The van der Waals surface area contributed by atoms with Crippen LogP contribution >= 0.6 is 0 Å². The Morgan fingerprint density at radius 3 is 1.61 bits per heavy atom. The number of amides is 2. The maximum absolute atomic E-state index is 12.5. The zero-order valence-electron chi connectivity index (χ0n) is 27.0. The minimum Gasteiger partial charge on any atom is -0.456 e. The van der Waals surface area contributed by atoms with Gasteiger partial charge in [0.05, 0.1) is 6.54 Å². The zero-order valence-corrected chi connectivity index (χ0v) is 27.0. The van der Waals surface area contributed by atoms with E-state index in [4.69, 9.17) is 23.7 Å². The molecule has 2 unspecified atom stereocenters. The Balaban J connectivity index is 3.03. The van der Waals surface area contributed by atoms with E-state index in [-0.39, 0.29) is 59.9 Å². The van der Waals surface area contributed by atoms with E-state index in [1.165, 1.54) is 57.0 Å². The Labute approximate surface area is 266 Å². The van der Waals surface area contributed by atoms with E-state index in [2.05, 4.69) is 5.32 Å². The summed E-state index contributed by atoms with van der Waals surface area (Å²) in [5, 5.41) is 2.81. The molecule has 0 fully saturated rings. The number of esters is 5. The summed E-state index contributed by atoms with van der Waals surface area (Å²) in [6.45, 7) is 8.58. The van der Waals surface area contributed by atoms with Crippen molar-refractivity contribution in [2.75, 3.05) is 20.1 Å². The van der Waals surface area contributed by atoms with Crippen molar-refractivity contribution in [2.45, 2.75) is 66.9 Å². The number of ether oxygens (including phenoxy) is 5. The maximum atomic E-state index is 12.5. The van der Waals surface area contributed by atoms with Gasteiger partial charge in [0.2, 0.25) is 11.8 Å². The lowest BCUT2D eigenvalue weighted by atomic mass is 9.85. The number of carbonyl (C=O) groups excluding carboxylic acids is 7. The summed E-state index contributed by atoms with van der Waals surface area (Å²) in [6.07, 6.45) is -0.993. The Bertz CT molecular complexity index is 1520. The smallest absolute Gasteiger partial charge is 0.308 e. The molecule has 0 heterocycles. The first-order valence-electron chi connectivity index (χ1n) is 14.2. The summed E-state index contributed by atoms with van der Waals surface area (Å²) >= 11 is 0. The van der Waals surface area contributed by atoms with Crippen molar-refractivity contribution in [3.8, 4) is 23.0 Å². The van der Waals surface area contributed by atoms with E-state index in [0.717, 1.165) is 20.8 Å². The van der Waals surface area contributed by atoms with Crippen molar-refractivity contribution in [2.24, 2.45) is 0 Å². The van der Waals surface area contributed by atoms with E-state index >= 15 is 0 Å². The number of likely N-dealkylation sites (N-methyl/N-ethyl adjacent to an activating group) is 1. The number of benzene rings is 2. The highest BCUT2D eigenvalue weighted by molar-refractivity contribution is 5.77. The molecular weight excluding hydrogens is 604 g/mol. The second kappa shape index (κ2) is 16.7. The summed E-state index contributed by atoms with van der Waals surface area (Å²) in [7, 11) is 1.50. The summed E-state index contributed by atoms with van der Waals surface area (Å²) < 4.78 is 26.9. The quantitative estimate of drug-likeness (QED) is 0.249. The molecule has 0 aliphatic carbocycles. The van der Waals surface area contributed by atoms with Crippen molar-refractivity contribution in [3.05, 3.63) is 47.0 Å². The molecule has 2 atom stereocenters. The van der Waals surface area contributed by atoms with Gasteiger partial charge in [-0.05, 0) is 35.4 Å². The van der Waals surface area contributed by atoms with E-state index in [1.54, 1.807) is 13.0 Å². The minimum atomic E-state index is -1.14. The Morgan fingerprint density at radius 1 is 0.674 bits per heavy atom. The Kier molecular flexibility index (Phi) is 13.4. The number of rotatable bonds is 13. The highest BCUT2D eigenvalue weighted by Gasteiger charge is 2.30. The van der Waals surface area contributed by atoms with Crippen molar-refractivity contribution >= 4 is 41.7 Å². The van der Waals surface area contributed by atoms with Gasteiger partial charge in [-0.25, -0.2) is 0 Å². The van der Waals surface area contributed by atoms with Crippen LogP contribution in [0.3, 0.4) is 0 Å². The standard InChI is InChI=1S/C32H38N2O12/c1-9-32(41)33-15-26(23-10-11-27(42-18(3)36)28(12-23)43-19(4)37)24-13-29(44-20(5)38)30(45-21(6)39)14-25(24)31(46-22(7)40)16-34(8)17(2)35/h10-14,26,31H,9,15-16H2,1-8H3,(H,33,41). The van der Waals surface area contributed by atoms with Gasteiger partial charge < -0.3 is 33.9 Å². The van der Waals surface area contributed by atoms with Gasteiger partial charge in [-0.15, -0.1) is 0 Å². The van der Waals surface area contributed by atoms with Gasteiger partial charge in [-0.1, -0.05) is 13.0 Å². The van der Waals surface area contributed by atoms with Crippen molar-refractivity contribution < 1.29 is 57.2 Å². The lowest BCUT2D eigenvalue weighted by Crippen LogP contribution is -2.32. The predicted molar refractivity (Wildman–Crippen MR) is 161 cm³/mol. The molecule has 248 valence electrons. The van der Waals surface area contributed by atoms with Gasteiger partial charge in [0.1, 0.15) is 6.10 Å². The van der Waals surface area contributed by atoms with Gasteiger partial charge in [0, 0.05) is 73.0 Å². The summed E-state index contributed by atoms with van der Waals surface area (Å²) in [6, 6.07) is 7.14. The molecule has 2 amide bonds. The zero-order chi connectivity index (χ0) is 34.7. The molecule has 0 saturated carbocycles. The first-order chi connectivity index (χ1) is 21.5. The molecule has 46 heavy (non-hydrogen) atoms. The molecule has 0 aliphatic heterocycles. The third-order valence-corrected chi connectivity index (χ3v) is 6.37. The van der Waals surface area contributed by atoms with E-state index in [0.29, 0.717) is 11.1 Å². The van der Waals surface area contributed by atoms with Crippen LogP contribution in [-0.2, 0) is 38.3 Å². The van der Waals surface area contributed by atoms with Crippen LogP contribution in [0.25, 0.3) is 0 Å². The predicted octanol–water partition coefficient (Wildman–Crippen LogP) is 3.13. The van der Waals surface area contributed by atoms with Gasteiger partial charge in [-0.2, -0.15) is 0 Å². The van der Waals surface area contributed by atoms with Gasteiger partial charge in [0.25, 0.3) is 0 Å². The molecule has 14 nitrogen and oxygen atoms in total. The average Bonchev–Trinajstić information content (AvgIpc) is 2.93. The molecule has 0 bridgehead atoms. The number of hydrogen-bond acceptors (Lipinski definition) is 12. The molecule has 2 aromatic rings. The lowest BCUT2D eigenvalue weighted by molar-refractivity contribution is -0.149. The van der Waals surface area contributed by atoms with Crippen LogP contribution in [0, 0.1) is 0 Å². The molecule has 0 aliphatic rings. The van der Waals surface area contributed by atoms with Crippen LogP contribution in [0.2, 0.25) is 0 Å². The summed E-state index contributed by atoms with van der Waals surface area (Å²) in [4.78, 5) is 86.1. The van der Waals surface area contributed by atoms with Crippen LogP contribution in [0.15, 0.2) is 30.3 Å². The summed E-state index contributed by atoms with van der Waals surface area (Å²) in [5.74, 6) is -5.51. The first kappa shape index (κ1) is 36.9. The summed E-state index contributed by atoms with van der Waals surface area (Å²) in [5.41, 5.74) is 0.977. The second-order valence-electron chi connectivity index (χ2n) is 10.2. The van der Waals surface area contributed by atoms with E-state index in [1.807, 2.05) is 0 Å². The highest BCUT2D eigenvalue weighted by atomic mass is 16.6. The molecule has 0 saturated heterocycles. The Morgan fingerprint density at radius 2 is 1.15 bits per heavy atom. The van der Waals surface area contributed by atoms with Gasteiger partial charge in [0.15, 0.2) is 23.0 Å². The van der Waals surface area contributed by atoms with Crippen LogP contribution in [0.5, 0.6) is 23.0 Å². The number of nitrogens with one attached hydrogen (secondary N) is 1. The molecule has 14 heteroatoms. The lowest BCUT2D eigenvalue weighted by Gasteiger charge is -2.29. The minimum absolute atomic E-state index is 0.0466. The van der Waals surface area contributed by atoms with Crippen LogP contribution in [0.4, 0.5) is 0 Å². The third-order valence-electron chi connectivity index (χ3n) is 6.37. The normalized spacial score (nSPS) is 11.7. The van der Waals surface area contributed by atoms with Gasteiger partial charge >= 0.3 is 29.8 Å². The van der Waals surface area contributed by atoms with Crippen LogP contribution in [0.1, 0.15) is 83.6 Å². The number of hydrogen-bond donors (Lipinski definition) is 1.